The Balaban J connectivity index is 1.89. The maximum absolute atomic E-state index is 3.72. The van der Waals surface area contributed by atoms with E-state index in [2.05, 4.69) is 121 Å². The van der Waals surface area contributed by atoms with Crippen LogP contribution in [0.4, 0.5) is 22.7 Å². The second-order valence-corrected chi connectivity index (χ2v) is 8.64. The molecule has 0 aromatic heterocycles. The number of anilines is 4. The third kappa shape index (κ3) is 5.23. The predicted molar refractivity (Wildman–Crippen MR) is 147 cm³/mol. The lowest BCUT2D eigenvalue weighted by atomic mass is 9.78. The molecule has 2 heteroatoms. The molecular weight excluding hydrogens is 412 g/mol. The fraction of sp³-hybridized carbons (Fsp3) is 0.188. The molecule has 0 radical (unpaired) electrons. The van der Waals surface area contributed by atoms with E-state index in [1.54, 1.807) is 0 Å². The van der Waals surface area contributed by atoms with Crippen molar-refractivity contribution in [2.75, 3.05) is 16.8 Å². The molecule has 0 saturated carbocycles. The number of rotatable bonds is 5. The minimum absolute atomic E-state index is 0.159. The smallest absolute Gasteiger partial charge is 0.0650 e. The summed E-state index contributed by atoms with van der Waals surface area (Å²) in [4.78, 5) is 2.49. The number of para-hydroxylation sites is 1. The number of benzene rings is 1. The Hall–Kier alpha value is -3.78. The highest BCUT2D eigenvalue weighted by Crippen LogP contribution is 2.49. The van der Waals surface area contributed by atoms with Crippen molar-refractivity contribution in [2.45, 2.75) is 32.1 Å². The summed E-state index contributed by atoms with van der Waals surface area (Å²) < 4.78 is 0. The molecule has 4 rings (SSSR count). The summed E-state index contributed by atoms with van der Waals surface area (Å²) >= 11 is 0. The van der Waals surface area contributed by atoms with Gasteiger partial charge in [0.1, 0.15) is 0 Å². The van der Waals surface area contributed by atoms with E-state index in [0.29, 0.717) is 0 Å². The van der Waals surface area contributed by atoms with E-state index in [0.717, 1.165) is 30.8 Å². The van der Waals surface area contributed by atoms with Crippen molar-refractivity contribution in [1.29, 1.82) is 0 Å². The van der Waals surface area contributed by atoms with Crippen molar-refractivity contribution in [1.82, 2.24) is 0 Å². The Kier molecular flexibility index (Phi) is 7.83. The van der Waals surface area contributed by atoms with Gasteiger partial charge in [0.15, 0.2) is 0 Å². The summed E-state index contributed by atoms with van der Waals surface area (Å²) in [7, 11) is 0. The van der Waals surface area contributed by atoms with Gasteiger partial charge in [-0.05, 0) is 48.7 Å². The van der Waals surface area contributed by atoms with Gasteiger partial charge < -0.3 is 10.2 Å². The van der Waals surface area contributed by atoms with E-state index in [9.17, 15) is 0 Å². The number of nitrogens with one attached hydrogen (secondary N) is 1. The molecule has 0 amide bonds. The first-order valence-electron chi connectivity index (χ1n) is 12.2. The lowest BCUT2D eigenvalue weighted by molar-refractivity contribution is 0.428. The van der Waals surface area contributed by atoms with Crippen molar-refractivity contribution in [3.63, 3.8) is 0 Å². The average Bonchev–Trinajstić information content (AvgIpc) is 3.21. The highest BCUT2D eigenvalue weighted by molar-refractivity contribution is 5.82. The summed E-state index contributed by atoms with van der Waals surface area (Å²) in [5, 5.41) is 3.72. The Morgan fingerprint density at radius 2 is 1.06 bits per heavy atom. The zero-order valence-electron chi connectivity index (χ0n) is 20.2. The van der Waals surface area contributed by atoms with Gasteiger partial charge in [0, 0.05) is 23.3 Å². The molecule has 1 N–H and O–H groups in total. The van der Waals surface area contributed by atoms with Crippen LogP contribution in [0.25, 0.3) is 0 Å². The van der Waals surface area contributed by atoms with E-state index in [1.807, 2.05) is 30.3 Å². The Labute approximate surface area is 204 Å². The third-order valence-electron chi connectivity index (χ3n) is 6.72. The van der Waals surface area contributed by atoms with Crippen LogP contribution in [0.2, 0.25) is 0 Å². The summed E-state index contributed by atoms with van der Waals surface area (Å²) in [6.07, 6.45) is 2.24. The van der Waals surface area contributed by atoms with Gasteiger partial charge in [-0.3, -0.25) is 0 Å². The average molecular weight is 447 g/mol. The van der Waals surface area contributed by atoms with E-state index in [4.69, 9.17) is 0 Å². The first-order valence-corrected chi connectivity index (χ1v) is 12.2. The number of hydrogen-bond donors (Lipinski definition) is 1. The molecule has 0 unspecified atom stereocenters. The van der Waals surface area contributed by atoms with Gasteiger partial charge in [-0.25, -0.2) is 0 Å². The molecule has 0 spiro atoms. The second-order valence-electron chi connectivity index (χ2n) is 8.64. The molecule has 1 aliphatic heterocycles. The largest absolute Gasteiger partial charge is 0.354 e. The second kappa shape index (κ2) is 11.4. The molecule has 0 saturated heterocycles. The van der Waals surface area contributed by atoms with E-state index >= 15 is 0 Å². The molecule has 172 valence electrons. The summed E-state index contributed by atoms with van der Waals surface area (Å²) in [6.45, 7) is 5.61. The van der Waals surface area contributed by atoms with Crippen LogP contribution < -0.4 is 10.2 Å². The van der Waals surface area contributed by atoms with Crippen LogP contribution in [0.15, 0.2) is 127 Å². The zero-order valence-corrected chi connectivity index (χ0v) is 20.2. The van der Waals surface area contributed by atoms with Crippen molar-refractivity contribution >= 4 is 22.7 Å². The number of fused-ring (bicyclic) bond motifs is 1. The van der Waals surface area contributed by atoms with Gasteiger partial charge in [0.05, 0.1) is 11.4 Å². The van der Waals surface area contributed by atoms with Gasteiger partial charge >= 0.3 is 0 Å². The van der Waals surface area contributed by atoms with Gasteiger partial charge in [0.2, 0.25) is 0 Å². The van der Waals surface area contributed by atoms with Crippen LogP contribution in [0.3, 0.4) is 0 Å². The quantitative estimate of drug-likeness (QED) is 0.421. The molecule has 0 fully saturated rings. The maximum Gasteiger partial charge on any atom is 0.0650 e. The van der Waals surface area contributed by atoms with Gasteiger partial charge in [-0.2, -0.15) is 0 Å². The molecule has 3 aromatic rings. The highest BCUT2D eigenvalue weighted by Gasteiger charge is 2.40. The molecule has 0 aliphatic carbocycles. The first-order chi connectivity index (χ1) is 16.8. The van der Waals surface area contributed by atoms with E-state index < -0.39 is 0 Å². The lowest BCUT2D eigenvalue weighted by Gasteiger charge is -2.29. The summed E-state index contributed by atoms with van der Waals surface area (Å²) in [6, 6.07) is 44.3. The SMILES string of the molecule is CCC1(CC)CN(c2ccccccccc2Nc2ccccccccc2)c2ccccc21. The van der Waals surface area contributed by atoms with Crippen LogP contribution in [0, 0.1) is 0 Å². The van der Waals surface area contributed by atoms with Crippen molar-refractivity contribution in [2.24, 2.45) is 0 Å². The Morgan fingerprint density at radius 3 is 1.68 bits per heavy atom. The number of hydrogen-bond acceptors (Lipinski definition) is 2. The molecule has 0 atom stereocenters. The Morgan fingerprint density at radius 1 is 0.588 bits per heavy atom. The standard InChI is InChI=1S/C32H34N2/c1-3-32(4-2)26-34(30-24-19-18-22-28(30)32)31-25-17-13-9-8-12-16-23-29(31)33-27-20-14-10-6-5-7-11-15-21-27/h5-25,33H,3-4,26H2,1-2H3. The van der Waals surface area contributed by atoms with Crippen LogP contribution >= 0.6 is 0 Å². The van der Waals surface area contributed by atoms with Crippen LogP contribution in [-0.2, 0) is 5.41 Å². The molecule has 34 heavy (non-hydrogen) atoms. The van der Waals surface area contributed by atoms with Crippen LogP contribution in [0.1, 0.15) is 32.3 Å². The minimum Gasteiger partial charge on any atom is -0.354 e. The maximum atomic E-state index is 3.72. The van der Waals surface area contributed by atoms with Crippen LogP contribution in [0.5, 0.6) is 0 Å². The topological polar surface area (TPSA) is 15.3 Å². The normalized spacial score (nSPS) is 13.3. The lowest BCUT2D eigenvalue weighted by Crippen LogP contribution is -2.30. The van der Waals surface area contributed by atoms with Crippen LogP contribution in [-0.4, -0.2) is 6.54 Å². The van der Waals surface area contributed by atoms with Gasteiger partial charge in [-0.1, -0.05) is 111 Å². The summed E-state index contributed by atoms with van der Waals surface area (Å²) in [5.74, 6) is 0. The van der Waals surface area contributed by atoms with Crippen molar-refractivity contribution in [3.05, 3.63) is 133 Å². The predicted octanol–water partition coefficient (Wildman–Crippen LogP) is 8.89. The molecule has 3 aromatic carbocycles. The monoisotopic (exact) mass is 446 g/mol. The first kappa shape index (κ1) is 23.4. The molecule has 0 bridgehead atoms. The highest BCUT2D eigenvalue weighted by atomic mass is 15.2. The molecule has 1 aliphatic rings. The molecular formula is C32H34N2. The van der Waals surface area contributed by atoms with E-state index in [-0.39, 0.29) is 5.41 Å². The summed E-state index contributed by atoms with van der Waals surface area (Å²) in [5.41, 5.74) is 6.18. The third-order valence-corrected chi connectivity index (χ3v) is 6.72. The van der Waals surface area contributed by atoms with Crippen molar-refractivity contribution in [3.8, 4) is 0 Å². The zero-order chi connectivity index (χ0) is 23.6. The fourth-order valence-electron chi connectivity index (χ4n) is 4.70. The van der Waals surface area contributed by atoms with Gasteiger partial charge in [0.25, 0.3) is 0 Å². The Bertz CT molecular complexity index is 1190. The minimum atomic E-state index is 0.159. The van der Waals surface area contributed by atoms with Crippen molar-refractivity contribution < 1.29 is 0 Å². The van der Waals surface area contributed by atoms with E-state index in [1.165, 1.54) is 16.9 Å². The number of nitrogens with zero attached hydrogens (tertiary/aromatic N) is 1. The molecule has 2 nitrogen and oxygen atoms in total. The fourth-order valence-corrected chi connectivity index (χ4v) is 4.70. The molecule has 1 heterocycles. The van der Waals surface area contributed by atoms with Gasteiger partial charge in [-0.15, -0.1) is 0 Å².